The van der Waals surface area contributed by atoms with Crippen molar-refractivity contribution in [2.75, 3.05) is 5.32 Å². The lowest BCUT2D eigenvalue weighted by Gasteiger charge is -2.03. The van der Waals surface area contributed by atoms with Gasteiger partial charge in [-0.15, -0.1) is 11.3 Å². The molecule has 0 aliphatic carbocycles. The Morgan fingerprint density at radius 3 is 2.50 bits per heavy atom. The first-order valence-electron chi connectivity index (χ1n) is 7.87. The standard InChI is InChI=1S/C19H16N4O2S/c1-11-16(12(2)23(3)22-11)17(24)18(25)21-19-14(10-20)9-15(26-19)13-7-5-4-6-8-13/h4-9H,1-3H3,(H,21,25). The maximum atomic E-state index is 12.5. The van der Waals surface area contributed by atoms with E-state index in [-0.39, 0.29) is 0 Å². The highest BCUT2D eigenvalue weighted by molar-refractivity contribution is 7.19. The zero-order chi connectivity index (χ0) is 18.8. The van der Waals surface area contributed by atoms with E-state index in [0.717, 1.165) is 10.4 Å². The van der Waals surface area contributed by atoms with Crippen LogP contribution in [0.5, 0.6) is 0 Å². The number of nitrogens with zero attached hydrogens (tertiary/aromatic N) is 3. The smallest absolute Gasteiger partial charge is 0.297 e. The SMILES string of the molecule is Cc1nn(C)c(C)c1C(=O)C(=O)Nc1sc(-c2ccccc2)cc1C#N. The Balaban J connectivity index is 1.89. The van der Waals surface area contributed by atoms with Gasteiger partial charge in [0, 0.05) is 17.6 Å². The van der Waals surface area contributed by atoms with Crippen LogP contribution in [0.15, 0.2) is 36.4 Å². The Hall–Kier alpha value is -3.24. The number of aryl methyl sites for hydroxylation is 2. The number of amides is 1. The van der Waals surface area contributed by atoms with Crippen LogP contribution in [0.1, 0.15) is 27.3 Å². The number of rotatable bonds is 4. The highest BCUT2D eigenvalue weighted by Crippen LogP contribution is 2.35. The maximum absolute atomic E-state index is 12.5. The number of thiophene rings is 1. The third kappa shape index (κ3) is 3.15. The molecule has 0 aliphatic heterocycles. The number of carbonyl (C=O) groups is 2. The average Bonchev–Trinajstić information content (AvgIpc) is 3.15. The first-order chi connectivity index (χ1) is 12.4. The fourth-order valence-electron chi connectivity index (χ4n) is 2.69. The van der Waals surface area contributed by atoms with E-state index in [0.29, 0.717) is 27.5 Å². The number of nitriles is 1. The second kappa shape index (κ2) is 6.94. The van der Waals surface area contributed by atoms with Gasteiger partial charge in [-0.05, 0) is 25.5 Å². The van der Waals surface area contributed by atoms with Crippen LogP contribution in [-0.2, 0) is 11.8 Å². The van der Waals surface area contributed by atoms with Crippen LogP contribution in [0.4, 0.5) is 5.00 Å². The zero-order valence-corrected chi connectivity index (χ0v) is 15.3. The Labute approximate surface area is 154 Å². The molecule has 0 saturated carbocycles. The van der Waals surface area contributed by atoms with Crippen LogP contribution in [0.2, 0.25) is 0 Å². The number of nitrogens with one attached hydrogen (secondary N) is 1. The van der Waals surface area contributed by atoms with E-state index in [4.69, 9.17) is 0 Å². The number of ketones is 1. The lowest BCUT2D eigenvalue weighted by Crippen LogP contribution is -2.23. The molecular formula is C19H16N4O2S. The molecule has 1 amide bonds. The molecule has 0 spiro atoms. The highest BCUT2D eigenvalue weighted by atomic mass is 32.1. The third-order valence-electron chi connectivity index (χ3n) is 4.08. The third-order valence-corrected chi connectivity index (χ3v) is 5.18. The lowest BCUT2D eigenvalue weighted by atomic mass is 10.1. The molecule has 6 nitrogen and oxygen atoms in total. The van der Waals surface area contributed by atoms with Crippen LogP contribution < -0.4 is 5.32 Å². The fraction of sp³-hybridized carbons (Fsp3) is 0.158. The van der Waals surface area contributed by atoms with Crippen LogP contribution in [-0.4, -0.2) is 21.5 Å². The summed E-state index contributed by atoms with van der Waals surface area (Å²) in [4.78, 5) is 25.8. The Kier molecular flexibility index (Phi) is 4.69. The number of benzene rings is 1. The first kappa shape index (κ1) is 17.6. The predicted octanol–water partition coefficient (Wildman–Crippen LogP) is 3.46. The van der Waals surface area contributed by atoms with E-state index in [1.54, 1.807) is 31.6 Å². The van der Waals surface area contributed by atoms with Gasteiger partial charge < -0.3 is 5.32 Å². The van der Waals surface area contributed by atoms with Gasteiger partial charge in [-0.25, -0.2) is 0 Å². The van der Waals surface area contributed by atoms with E-state index in [9.17, 15) is 14.9 Å². The molecule has 0 fully saturated rings. The number of hydrogen-bond donors (Lipinski definition) is 1. The summed E-state index contributed by atoms with van der Waals surface area (Å²) in [5.41, 5.74) is 2.69. The summed E-state index contributed by atoms with van der Waals surface area (Å²) in [5, 5.41) is 16.5. The van der Waals surface area contributed by atoms with Crippen molar-refractivity contribution >= 4 is 28.0 Å². The quantitative estimate of drug-likeness (QED) is 0.567. The van der Waals surface area contributed by atoms with Crippen molar-refractivity contribution in [1.29, 1.82) is 5.26 Å². The minimum atomic E-state index is -0.776. The number of Topliss-reactive ketones (excluding diaryl/α,β-unsaturated/α-hetero) is 1. The molecule has 0 saturated heterocycles. The van der Waals surface area contributed by atoms with Crippen molar-refractivity contribution in [2.45, 2.75) is 13.8 Å². The second-order valence-electron chi connectivity index (χ2n) is 5.78. The monoisotopic (exact) mass is 364 g/mol. The van der Waals surface area contributed by atoms with Crippen molar-refractivity contribution in [3.63, 3.8) is 0 Å². The van der Waals surface area contributed by atoms with Gasteiger partial charge in [0.15, 0.2) is 0 Å². The van der Waals surface area contributed by atoms with Crippen LogP contribution >= 0.6 is 11.3 Å². The van der Waals surface area contributed by atoms with Gasteiger partial charge >= 0.3 is 0 Å². The molecule has 1 N–H and O–H groups in total. The van der Waals surface area contributed by atoms with Gasteiger partial charge in [0.2, 0.25) is 0 Å². The summed E-state index contributed by atoms with van der Waals surface area (Å²) < 4.78 is 1.56. The Morgan fingerprint density at radius 1 is 1.23 bits per heavy atom. The number of aromatic nitrogens is 2. The van der Waals surface area contributed by atoms with Crippen LogP contribution in [0.3, 0.4) is 0 Å². The van der Waals surface area contributed by atoms with Gasteiger partial charge in [0.1, 0.15) is 11.1 Å². The van der Waals surface area contributed by atoms with Crippen LogP contribution in [0.25, 0.3) is 10.4 Å². The van der Waals surface area contributed by atoms with E-state index in [2.05, 4.69) is 16.5 Å². The van der Waals surface area contributed by atoms with E-state index in [1.807, 2.05) is 30.3 Å². The second-order valence-corrected chi connectivity index (χ2v) is 6.84. The molecule has 0 unspecified atom stereocenters. The lowest BCUT2D eigenvalue weighted by molar-refractivity contribution is -0.112. The summed E-state index contributed by atoms with van der Waals surface area (Å²) in [5.74, 6) is -1.44. The Morgan fingerprint density at radius 2 is 1.92 bits per heavy atom. The van der Waals surface area contributed by atoms with E-state index >= 15 is 0 Å². The topological polar surface area (TPSA) is 87.8 Å². The molecule has 1 aromatic carbocycles. The normalized spacial score (nSPS) is 10.4. The van der Waals surface area contributed by atoms with Crippen molar-refractivity contribution in [1.82, 2.24) is 9.78 Å². The molecule has 0 atom stereocenters. The molecular weight excluding hydrogens is 348 g/mol. The highest BCUT2D eigenvalue weighted by Gasteiger charge is 2.25. The summed E-state index contributed by atoms with van der Waals surface area (Å²) in [6.07, 6.45) is 0. The van der Waals surface area contributed by atoms with Crippen molar-refractivity contribution in [2.24, 2.45) is 7.05 Å². The molecule has 0 radical (unpaired) electrons. The summed E-state index contributed by atoms with van der Waals surface area (Å²) >= 11 is 1.26. The predicted molar refractivity (Wildman–Crippen MR) is 100 cm³/mol. The van der Waals surface area contributed by atoms with E-state index < -0.39 is 11.7 Å². The van der Waals surface area contributed by atoms with Gasteiger partial charge in [0.05, 0.1) is 16.8 Å². The molecule has 3 rings (SSSR count). The average molecular weight is 364 g/mol. The van der Waals surface area contributed by atoms with Crippen molar-refractivity contribution in [3.05, 3.63) is 58.9 Å². The summed E-state index contributed by atoms with van der Waals surface area (Å²) in [7, 11) is 1.72. The molecule has 3 aromatic rings. The van der Waals surface area contributed by atoms with Gasteiger partial charge in [-0.1, -0.05) is 30.3 Å². The minimum Gasteiger partial charge on any atom is -0.310 e. The van der Waals surface area contributed by atoms with Gasteiger partial charge in [-0.2, -0.15) is 10.4 Å². The first-order valence-corrected chi connectivity index (χ1v) is 8.69. The molecule has 2 aromatic heterocycles. The van der Waals surface area contributed by atoms with Gasteiger partial charge in [0.25, 0.3) is 11.7 Å². The van der Waals surface area contributed by atoms with Gasteiger partial charge in [-0.3, -0.25) is 14.3 Å². The minimum absolute atomic E-state index is 0.295. The van der Waals surface area contributed by atoms with Crippen molar-refractivity contribution in [3.8, 4) is 16.5 Å². The number of anilines is 1. The number of hydrogen-bond acceptors (Lipinski definition) is 5. The fourth-order valence-corrected chi connectivity index (χ4v) is 3.70. The zero-order valence-electron chi connectivity index (χ0n) is 14.5. The molecule has 2 heterocycles. The molecule has 0 bridgehead atoms. The summed E-state index contributed by atoms with van der Waals surface area (Å²) in [6, 6.07) is 13.3. The molecule has 0 aliphatic rings. The molecule has 7 heteroatoms. The maximum Gasteiger partial charge on any atom is 0.297 e. The summed E-state index contributed by atoms with van der Waals surface area (Å²) in [6.45, 7) is 3.42. The molecule has 130 valence electrons. The molecule has 26 heavy (non-hydrogen) atoms. The largest absolute Gasteiger partial charge is 0.310 e. The van der Waals surface area contributed by atoms with Crippen LogP contribution in [0, 0.1) is 25.2 Å². The van der Waals surface area contributed by atoms with E-state index in [1.165, 1.54) is 11.3 Å². The van der Waals surface area contributed by atoms with Crippen molar-refractivity contribution < 1.29 is 9.59 Å². The number of carbonyl (C=O) groups excluding carboxylic acids is 2. The Bertz CT molecular complexity index is 1040.